The molecule has 0 N–H and O–H groups in total. The number of thiophene rings is 1. The molecule has 2 aromatic heterocycles. The molecule has 0 spiro atoms. The fourth-order valence-electron chi connectivity index (χ4n) is 3.85. The van der Waals surface area contributed by atoms with Crippen LogP contribution in [0, 0.1) is 5.82 Å². The van der Waals surface area contributed by atoms with E-state index in [1.165, 1.54) is 35.2 Å². The van der Waals surface area contributed by atoms with Gasteiger partial charge in [-0.25, -0.2) is 9.37 Å². The van der Waals surface area contributed by atoms with E-state index >= 15 is 0 Å². The predicted molar refractivity (Wildman–Crippen MR) is 124 cm³/mol. The number of fused-ring (bicyclic) bond motifs is 3. The zero-order valence-electron chi connectivity index (χ0n) is 17.2. The van der Waals surface area contributed by atoms with E-state index in [1.807, 2.05) is 50.2 Å². The van der Waals surface area contributed by atoms with Crippen LogP contribution in [0.3, 0.4) is 0 Å². The van der Waals surface area contributed by atoms with Crippen LogP contribution in [0.15, 0.2) is 64.5 Å². The Morgan fingerprint density at radius 1 is 1.19 bits per heavy atom. The normalized spacial score (nSPS) is 15.2. The SMILES string of the molecule is CC1(C)Cc2c(sc3nc(SCc4cccc(F)c4)n(-c4ccccc4)c(=O)c23)CO1. The first-order valence-corrected chi connectivity index (χ1v) is 11.9. The summed E-state index contributed by atoms with van der Waals surface area (Å²) in [6.07, 6.45) is 0.684. The maximum Gasteiger partial charge on any atom is 0.267 e. The lowest BCUT2D eigenvalue weighted by atomic mass is 9.94. The lowest BCUT2D eigenvalue weighted by molar-refractivity contribution is -0.0379. The smallest absolute Gasteiger partial charge is 0.267 e. The van der Waals surface area contributed by atoms with Crippen LogP contribution in [0.1, 0.15) is 29.9 Å². The summed E-state index contributed by atoms with van der Waals surface area (Å²) in [6, 6.07) is 16.1. The first-order valence-electron chi connectivity index (χ1n) is 10.1. The summed E-state index contributed by atoms with van der Waals surface area (Å²) in [6.45, 7) is 4.59. The number of ether oxygens (including phenoxy) is 1. The predicted octanol–water partition coefficient (Wildman–Crippen LogP) is 5.73. The highest BCUT2D eigenvalue weighted by Crippen LogP contribution is 2.38. The zero-order chi connectivity index (χ0) is 21.6. The summed E-state index contributed by atoms with van der Waals surface area (Å²) in [5.74, 6) is 0.250. The van der Waals surface area contributed by atoms with Crippen LogP contribution in [-0.2, 0) is 23.5 Å². The quantitative estimate of drug-likeness (QED) is 0.293. The maximum atomic E-state index is 13.8. The lowest BCUT2D eigenvalue weighted by Gasteiger charge is -2.29. The number of hydrogen-bond donors (Lipinski definition) is 0. The Kier molecular flexibility index (Phi) is 5.20. The van der Waals surface area contributed by atoms with E-state index < -0.39 is 0 Å². The van der Waals surface area contributed by atoms with E-state index in [4.69, 9.17) is 9.72 Å². The summed E-state index contributed by atoms with van der Waals surface area (Å²) in [5.41, 5.74) is 2.30. The van der Waals surface area contributed by atoms with Crippen LogP contribution in [0.2, 0.25) is 0 Å². The van der Waals surface area contributed by atoms with E-state index in [0.29, 0.717) is 29.3 Å². The summed E-state index contributed by atoms with van der Waals surface area (Å²) in [5, 5.41) is 1.29. The van der Waals surface area contributed by atoms with Crippen molar-refractivity contribution < 1.29 is 9.13 Å². The van der Waals surface area contributed by atoms with Crippen LogP contribution >= 0.6 is 23.1 Å². The summed E-state index contributed by atoms with van der Waals surface area (Å²) < 4.78 is 21.3. The molecule has 0 saturated carbocycles. The molecule has 3 heterocycles. The van der Waals surface area contributed by atoms with E-state index in [-0.39, 0.29) is 17.0 Å². The molecule has 0 amide bonds. The van der Waals surface area contributed by atoms with Gasteiger partial charge in [0.1, 0.15) is 10.6 Å². The van der Waals surface area contributed by atoms with Gasteiger partial charge in [0.25, 0.3) is 5.56 Å². The molecule has 7 heteroatoms. The number of rotatable bonds is 4. The van der Waals surface area contributed by atoms with Crippen molar-refractivity contribution in [3.05, 3.63) is 86.8 Å². The minimum Gasteiger partial charge on any atom is -0.370 e. The van der Waals surface area contributed by atoms with Gasteiger partial charge < -0.3 is 4.74 Å². The molecular weight excluding hydrogens is 431 g/mol. The first-order chi connectivity index (χ1) is 14.9. The Morgan fingerprint density at radius 3 is 2.77 bits per heavy atom. The van der Waals surface area contributed by atoms with Crippen molar-refractivity contribution in [2.24, 2.45) is 0 Å². The van der Waals surface area contributed by atoms with Crippen molar-refractivity contribution in [1.82, 2.24) is 9.55 Å². The zero-order valence-corrected chi connectivity index (χ0v) is 18.9. The Balaban J connectivity index is 1.66. The lowest BCUT2D eigenvalue weighted by Crippen LogP contribution is -2.32. The number of nitrogens with zero attached hydrogens (tertiary/aromatic N) is 2. The highest BCUT2D eigenvalue weighted by atomic mass is 32.2. The molecular formula is C24H21FN2O2S2. The summed E-state index contributed by atoms with van der Waals surface area (Å²) in [4.78, 5) is 20.5. The number of aromatic nitrogens is 2. The van der Waals surface area contributed by atoms with Gasteiger partial charge in [0.15, 0.2) is 5.16 Å². The Morgan fingerprint density at radius 2 is 2.00 bits per heavy atom. The highest BCUT2D eigenvalue weighted by Gasteiger charge is 2.31. The number of benzene rings is 2. The van der Waals surface area contributed by atoms with Crippen LogP contribution in [-0.4, -0.2) is 15.2 Å². The molecule has 0 fully saturated rings. The van der Waals surface area contributed by atoms with E-state index in [2.05, 4.69) is 0 Å². The van der Waals surface area contributed by atoms with E-state index in [0.717, 1.165) is 26.5 Å². The topological polar surface area (TPSA) is 44.1 Å². The average Bonchev–Trinajstić information content (AvgIpc) is 3.09. The third kappa shape index (κ3) is 3.93. The molecule has 31 heavy (non-hydrogen) atoms. The molecule has 4 nitrogen and oxygen atoms in total. The molecule has 0 saturated heterocycles. The standard InChI is InChI=1S/C24H21FN2O2S2/c1-24(2)12-18-19(13-29-24)31-21-20(18)22(28)27(17-9-4-3-5-10-17)23(26-21)30-14-15-7-6-8-16(25)11-15/h3-11H,12-14H2,1-2H3. The summed E-state index contributed by atoms with van der Waals surface area (Å²) in [7, 11) is 0. The van der Waals surface area contributed by atoms with Gasteiger partial charge in [-0.1, -0.05) is 42.1 Å². The number of halogens is 1. The van der Waals surface area contributed by atoms with Crippen LogP contribution in [0.5, 0.6) is 0 Å². The van der Waals surface area contributed by atoms with Gasteiger partial charge in [-0.05, 0) is 49.2 Å². The molecule has 0 bridgehead atoms. The van der Waals surface area contributed by atoms with Crippen molar-refractivity contribution in [2.75, 3.05) is 0 Å². The largest absolute Gasteiger partial charge is 0.370 e. The third-order valence-electron chi connectivity index (χ3n) is 5.35. The third-order valence-corrected chi connectivity index (χ3v) is 7.45. The Hall–Kier alpha value is -2.48. The van der Waals surface area contributed by atoms with Gasteiger partial charge in [0.05, 0.1) is 23.3 Å². The monoisotopic (exact) mass is 452 g/mol. The maximum absolute atomic E-state index is 13.8. The second-order valence-electron chi connectivity index (χ2n) is 8.20. The van der Waals surface area contributed by atoms with Crippen molar-refractivity contribution in [2.45, 2.75) is 43.4 Å². The van der Waals surface area contributed by atoms with Gasteiger partial charge in [-0.15, -0.1) is 11.3 Å². The van der Waals surface area contributed by atoms with Gasteiger partial charge in [0.2, 0.25) is 0 Å². The molecule has 0 aliphatic carbocycles. The molecule has 4 aromatic rings. The van der Waals surface area contributed by atoms with Gasteiger partial charge >= 0.3 is 0 Å². The van der Waals surface area contributed by atoms with Crippen LogP contribution in [0.25, 0.3) is 15.9 Å². The highest BCUT2D eigenvalue weighted by molar-refractivity contribution is 7.98. The van der Waals surface area contributed by atoms with Crippen LogP contribution in [0.4, 0.5) is 4.39 Å². The molecule has 158 valence electrons. The van der Waals surface area contributed by atoms with Crippen molar-refractivity contribution in [3.63, 3.8) is 0 Å². The van der Waals surface area contributed by atoms with E-state index in [9.17, 15) is 9.18 Å². The molecule has 1 aliphatic rings. The molecule has 5 rings (SSSR count). The van der Waals surface area contributed by atoms with Gasteiger partial charge in [0, 0.05) is 17.1 Å². The minimum atomic E-state index is -0.310. The summed E-state index contributed by atoms with van der Waals surface area (Å²) >= 11 is 2.97. The Bertz CT molecular complexity index is 1330. The fraction of sp³-hybridized carbons (Fsp3) is 0.250. The van der Waals surface area contributed by atoms with Crippen molar-refractivity contribution in [3.8, 4) is 5.69 Å². The van der Waals surface area contributed by atoms with E-state index in [1.54, 1.807) is 10.6 Å². The molecule has 0 unspecified atom stereocenters. The number of hydrogen-bond acceptors (Lipinski definition) is 5. The molecule has 0 atom stereocenters. The minimum absolute atomic E-state index is 0.0619. The number of thioether (sulfide) groups is 1. The van der Waals surface area contributed by atoms with Crippen LogP contribution < -0.4 is 5.56 Å². The fourth-order valence-corrected chi connectivity index (χ4v) is 5.95. The van der Waals surface area contributed by atoms with Crippen molar-refractivity contribution in [1.29, 1.82) is 0 Å². The van der Waals surface area contributed by atoms with Crippen molar-refractivity contribution >= 4 is 33.3 Å². The van der Waals surface area contributed by atoms with Gasteiger partial charge in [-0.2, -0.15) is 0 Å². The molecule has 1 aliphatic heterocycles. The molecule has 0 radical (unpaired) electrons. The first kappa shape index (κ1) is 20.4. The molecule has 2 aromatic carbocycles. The number of para-hydroxylation sites is 1. The average molecular weight is 453 g/mol. The Labute approximate surface area is 187 Å². The second-order valence-corrected chi connectivity index (χ2v) is 10.2. The van der Waals surface area contributed by atoms with Gasteiger partial charge in [-0.3, -0.25) is 9.36 Å². The second kappa shape index (κ2) is 7.89.